The molecule has 0 aromatic heterocycles. The Labute approximate surface area is 110 Å². The molecule has 3 heteroatoms. The highest BCUT2D eigenvalue weighted by Crippen LogP contribution is 2.53. The van der Waals surface area contributed by atoms with Gasteiger partial charge in [-0.2, -0.15) is 0 Å². The van der Waals surface area contributed by atoms with Crippen molar-refractivity contribution < 1.29 is 5.21 Å². The Morgan fingerprint density at radius 2 is 2.06 bits per heavy atom. The lowest BCUT2D eigenvalue weighted by Crippen LogP contribution is -2.42. The molecule has 0 aromatic rings. The molecule has 3 fully saturated rings. The van der Waals surface area contributed by atoms with Crippen molar-refractivity contribution >= 4 is 5.71 Å². The second-order valence-corrected chi connectivity index (χ2v) is 7.89. The van der Waals surface area contributed by atoms with Gasteiger partial charge >= 0.3 is 0 Å². The summed E-state index contributed by atoms with van der Waals surface area (Å²) in [5.41, 5.74) is 1.99. The summed E-state index contributed by atoms with van der Waals surface area (Å²) in [5, 5.41) is 12.7. The molecule has 3 rings (SSSR count). The van der Waals surface area contributed by atoms with Gasteiger partial charge < -0.3 is 5.21 Å². The Morgan fingerprint density at radius 3 is 2.78 bits per heavy atom. The van der Waals surface area contributed by atoms with Gasteiger partial charge in [-0.25, -0.2) is 0 Å². The zero-order chi connectivity index (χ0) is 13.0. The van der Waals surface area contributed by atoms with Crippen LogP contribution < -0.4 is 0 Å². The summed E-state index contributed by atoms with van der Waals surface area (Å²) in [6, 6.07) is 1.13. The molecule has 0 aromatic carbocycles. The number of hydrogen-bond donors (Lipinski definition) is 1. The zero-order valence-electron chi connectivity index (χ0n) is 11.9. The number of hydrogen-bond acceptors (Lipinski definition) is 3. The van der Waals surface area contributed by atoms with Gasteiger partial charge in [0.1, 0.15) is 0 Å². The van der Waals surface area contributed by atoms with E-state index in [1.165, 1.54) is 38.6 Å². The van der Waals surface area contributed by atoms with Crippen LogP contribution in [0.3, 0.4) is 0 Å². The van der Waals surface area contributed by atoms with Gasteiger partial charge in [0.15, 0.2) is 0 Å². The molecule has 1 heterocycles. The molecule has 1 aliphatic heterocycles. The Balaban J connectivity index is 1.84. The minimum Gasteiger partial charge on any atom is -0.411 e. The Bertz CT molecular complexity index is 377. The van der Waals surface area contributed by atoms with Crippen LogP contribution in [-0.2, 0) is 0 Å². The fraction of sp³-hybridized carbons (Fsp3) is 0.933. The lowest BCUT2D eigenvalue weighted by Gasteiger charge is -2.40. The van der Waals surface area contributed by atoms with Gasteiger partial charge in [0.2, 0.25) is 0 Å². The van der Waals surface area contributed by atoms with Gasteiger partial charge in [-0.1, -0.05) is 25.9 Å². The van der Waals surface area contributed by atoms with E-state index < -0.39 is 0 Å². The molecule has 3 atom stereocenters. The number of rotatable bonds is 1. The summed E-state index contributed by atoms with van der Waals surface area (Å²) in [7, 11) is 0. The predicted molar refractivity (Wildman–Crippen MR) is 73.1 cm³/mol. The largest absolute Gasteiger partial charge is 0.411 e. The predicted octanol–water partition coefficient (Wildman–Crippen LogP) is 3.27. The molecule has 2 aliphatic carbocycles. The topological polar surface area (TPSA) is 35.8 Å². The number of fused-ring (bicyclic) bond motifs is 2. The quantitative estimate of drug-likeness (QED) is 0.572. The molecule has 102 valence electrons. The highest BCUT2D eigenvalue weighted by Gasteiger charge is 2.52. The van der Waals surface area contributed by atoms with E-state index in [0.29, 0.717) is 22.9 Å². The molecule has 2 bridgehead atoms. The molecule has 0 amide bonds. The molecular formula is C15H26N2O. The van der Waals surface area contributed by atoms with Crippen LogP contribution in [0.5, 0.6) is 0 Å². The van der Waals surface area contributed by atoms with E-state index in [0.717, 1.165) is 12.1 Å². The number of oxime groups is 1. The van der Waals surface area contributed by atoms with E-state index in [1.54, 1.807) is 0 Å². The first kappa shape index (κ1) is 12.5. The third-order valence-corrected chi connectivity index (χ3v) is 5.28. The fourth-order valence-corrected chi connectivity index (χ4v) is 5.15. The van der Waals surface area contributed by atoms with Crippen molar-refractivity contribution in [1.82, 2.24) is 4.90 Å². The average Bonchev–Trinajstić information content (AvgIpc) is 2.78. The normalized spacial score (nSPS) is 45.8. The van der Waals surface area contributed by atoms with Crippen molar-refractivity contribution in [2.75, 3.05) is 6.54 Å². The van der Waals surface area contributed by atoms with Crippen molar-refractivity contribution in [2.45, 2.75) is 71.4 Å². The van der Waals surface area contributed by atoms with Gasteiger partial charge in [0.25, 0.3) is 0 Å². The van der Waals surface area contributed by atoms with Gasteiger partial charge in [0, 0.05) is 12.6 Å². The highest BCUT2D eigenvalue weighted by atomic mass is 16.4. The molecule has 0 radical (unpaired) electrons. The zero-order valence-corrected chi connectivity index (χ0v) is 11.9. The summed E-state index contributed by atoms with van der Waals surface area (Å²) < 4.78 is 0. The van der Waals surface area contributed by atoms with E-state index in [-0.39, 0.29) is 0 Å². The molecule has 0 spiro atoms. The van der Waals surface area contributed by atoms with Gasteiger partial charge in [-0.3, -0.25) is 4.90 Å². The molecule has 2 saturated carbocycles. The van der Waals surface area contributed by atoms with Crippen molar-refractivity contribution in [2.24, 2.45) is 16.0 Å². The molecule has 1 N–H and O–H groups in total. The molecule has 3 nitrogen and oxygen atoms in total. The molecular weight excluding hydrogens is 224 g/mol. The number of nitrogens with zero attached hydrogens (tertiary/aromatic N) is 2. The SMILES string of the molecule is CC1(C)CC2CC(C)(CN2C2CCC/C2=N/O)C1. The van der Waals surface area contributed by atoms with Crippen LogP contribution in [0.1, 0.15) is 59.3 Å². The first-order valence-corrected chi connectivity index (χ1v) is 7.39. The molecule has 3 unspecified atom stereocenters. The van der Waals surface area contributed by atoms with Gasteiger partial charge in [0.05, 0.1) is 11.8 Å². The van der Waals surface area contributed by atoms with Crippen molar-refractivity contribution in [3.8, 4) is 0 Å². The average molecular weight is 250 g/mol. The van der Waals surface area contributed by atoms with Gasteiger partial charge in [-0.05, 0) is 49.4 Å². The van der Waals surface area contributed by atoms with Crippen LogP contribution in [0.2, 0.25) is 0 Å². The maximum absolute atomic E-state index is 9.17. The summed E-state index contributed by atoms with van der Waals surface area (Å²) >= 11 is 0. The van der Waals surface area contributed by atoms with Crippen LogP contribution in [-0.4, -0.2) is 34.4 Å². The van der Waals surface area contributed by atoms with Crippen molar-refractivity contribution in [3.05, 3.63) is 0 Å². The van der Waals surface area contributed by atoms with E-state index in [1.807, 2.05) is 0 Å². The van der Waals surface area contributed by atoms with Crippen molar-refractivity contribution in [3.63, 3.8) is 0 Å². The maximum Gasteiger partial charge on any atom is 0.0742 e. The van der Waals surface area contributed by atoms with E-state index >= 15 is 0 Å². The van der Waals surface area contributed by atoms with E-state index in [9.17, 15) is 0 Å². The smallest absolute Gasteiger partial charge is 0.0742 e. The van der Waals surface area contributed by atoms with Crippen LogP contribution >= 0.6 is 0 Å². The Kier molecular flexibility index (Phi) is 2.74. The molecule has 3 aliphatic rings. The second kappa shape index (κ2) is 3.96. The lowest BCUT2D eigenvalue weighted by molar-refractivity contribution is 0.124. The standard InChI is InChI=1S/C15H26N2O/c1-14(2)7-11-8-15(3,9-14)10-17(11)13-6-4-5-12(13)16-18/h11,13,18H,4-10H2,1-3H3/b16-12-. The second-order valence-electron chi connectivity index (χ2n) is 7.89. The Morgan fingerprint density at radius 1 is 1.28 bits per heavy atom. The molecule has 18 heavy (non-hydrogen) atoms. The van der Waals surface area contributed by atoms with Crippen molar-refractivity contribution in [1.29, 1.82) is 0 Å². The van der Waals surface area contributed by atoms with E-state index in [4.69, 9.17) is 5.21 Å². The monoisotopic (exact) mass is 250 g/mol. The lowest BCUT2D eigenvalue weighted by atomic mass is 9.65. The molecule has 1 saturated heterocycles. The minimum atomic E-state index is 0.427. The highest BCUT2D eigenvalue weighted by molar-refractivity contribution is 5.91. The van der Waals surface area contributed by atoms with Crippen LogP contribution in [0.25, 0.3) is 0 Å². The van der Waals surface area contributed by atoms with Crippen LogP contribution in [0.15, 0.2) is 5.16 Å². The van der Waals surface area contributed by atoms with Gasteiger partial charge in [-0.15, -0.1) is 0 Å². The number of likely N-dealkylation sites (tertiary alicyclic amines) is 1. The van der Waals surface area contributed by atoms with Crippen LogP contribution in [0.4, 0.5) is 0 Å². The summed E-state index contributed by atoms with van der Waals surface area (Å²) in [6.45, 7) is 8.48. The third kappa shape index (κ3) is 1.97. The minimum absolute atomic E-state index is 0.427. The first-order valence-electron chi connectivity index (χ1n) is 7.39. The summed E-state index contributed by atoms with van der Waals surface area (Å²) in [5.74, 6) is 0. The fourth-order valence-electron chi connectivity index (χ4n) is 5.15. The maximum atomic E-state index is 9.17. The summed E-state index contributed by atoms with van der Waals surface area (Å²) in [4.78, 5) is 2.66. The Hall–Kier alpha value is -0.570. The third-order valence-electron chi connectivity index (χ3n) is 5.28. The van der Waals surface area contributed by atoms with E-state index in [2.05, 4.69) is 30.8 Å². The summed E-state index contributed by atoms with van der Waals surface area (Å²) in [6.07, 6.45) is 7.35. The first-order chi connectivity index (χ1) is 8.42. The van der Waals surface area contributed by atoms with Crippen LogP contribution in [0, 0.1) is 10.8 Å².